The number of benzene rings is 3. The van der Waals surface area contributed by atoms with Crippen LogP contribution in [-0.4, -0.2) is 29.7 Å². The number of para-hydroxylation sites is 1. The summed E-state index contributed by atoms with van der Waals surface area (Å²) in [7, 11) is 1.26. The van der Waals surface area contributed by atoms with Crippen LogP contribution >= 0.6 is 0 Å². The highest BCUT2D eigenvalue weighted by Crippen LogP contribution is 2.31. The number of carbonyl (C=O) groups excluding carboxylic acids is 2. The number of amides is 1. The van der Waals surface area contributed by atoms with Crippen LogP contribution in [0.2, 0.25) is 0 Å². The molecule has 3 aromatic carbocycles. The zero-order chi connectivity index (χ0) is 24.1. The lowest BCUT2D eigenvalue weighted by molar-refractivity contribution is -0.139. The maximum atomic E-state index is 13.2. The number of hydrogen-bond donors (Lipinski definition) is 3. The average molecular weight is 457 g/mol. The number of nitrogens with zero attached hydrogens (tertiary/aromatic N) is 1. The molecule has 4 N–H and O–H groups in total. The number of esters is 1. The Bertz CT molecular complexity index is 1260. The molecule has 1 unspecified atom stereocenters. The van der Waals surface area contributed by atoms with Gasteiger partial charge in [-0.05, 0) is 41.5 Å². The van der Waals surface area contributed by atoms with E-state index >= 15 is 0 Å². The molecule has 34 heavy (non-hydrogen) atoms. The first-order valence-corrected chi connectivity index (χ1v) is 10.6. The Labute approximate surface area is 197 Å². The van der Waals surface area contributed by atoms with Crippen molar-refractivity contribution in [2.75, 3.05) is 7.11 Å². The van der Waals surface area contributed by atoms with Gasteiger partial charge < -0.3 is 25.4 Å². The fourth-order valence-corrected chi connectivity index (χ4v) is 3.74. The molecule has 3 aromatic rings. The van der Waals surface area contributed by atoms with Gasteiger partial charge in [0.15, 0.2) is 0 Å². The van der Waals surface area contributed by atoms with Gasteiger partial charge in [0.1, 0.15) is 29.1 Å². The van der Waals surface area contributed by atoms with Gasteiger partial charge in [0.05, 0.1) is 7.11 Å². The highest BCUT2D eigenvalue weighted by molar-refractivity contribution is 5.97. The van der Waals surface area contributed by atoms with Crippen molar-refractivity contribution in [1.29, 1.82) is 5.41 Å². The van der Waals surface area contributed by atoms with Gasteiger partial charge in [0.25, 0.3) is 5.91 Å². The predicted octanol–water partition coefficient (Wildman–Crippen LogP) is 3.45. The van der Waals surface area contributed by atoms with Crippen LogP contribution < -0.4 is 15.8 Å². The van der Waals surface area contributed by atoms with Crippen LogP contribution in [-0.2, 0) is 20.9 Å². The van der Waals surface area contributed by atoms with E-state index in [1.54, 1.807) is 35.4 Å². The van der Waals surface area contributed by atoms with Crippen molar-refractivity contribution in [3.63, 3.8) is 0 Å². The number of methoxy groups -OCH3 is 1. The molecular formula is C26H24N4O4. The van der Waals surface area contributed by atoms with E-state index in [2.05, 4.69) is 5.32 Å². The molecule has 0 saturated heterocycles. The van der Waals surface area contributed by atoms with E-state index in [0.717, 1.165) is 5.56 Å². The lowest BCUT2D eigenvalue weighted by atomic mass is 10.0. The van der Waals surface area contributed by atoms with Crippen molar-refractivity contribution >= 4 is 17.7 Å². The van der Waals surface area contributed by atoms with Crippen molar-refractivity contribution in [3.05, 3.63) is 107 Å². The van der Waals surface area contributed by atoms with Crippen LogP contribution in [0, 0.1) is 5.41 Å². The number of carbonyl (C=O) groups is 2. The van der Waals surface area contributed by atoms with Crippen LogP contribution in [0.25, 0.3) is 0 Å². The van der Waals surface area contributed by atoms with Gasteiger partial charge in [-0.25, -0.2) is 4.79 Å². The average Bonchev–Trinajstić information content (AvgIpc) is 2.84. The van der Waals surface area contributed by atoms with Gasteiger partial charge in [-0.1, -0.05) is 48.5 Å². The summed E-state index contributed by atoms with van der Waals surface area (Å²) in [6, 6.07) is 23.1. The highest BCUT2D eigenvalue weighted by Gasteiger charge is 2.33. The van der Waals surface area contributed by atoms with E-state index in [0.29, 0.717) is 29.2 Å². The molecule has 1 aliphatic rings. The summed E-state index contributed by atoms with van der Waals surface area (Å²) in [6.07, 6.45) is 1.57. The third-order valence-electron chi connectivity index (χ3n) is 5.29. The first-order valence-electron chi connectivity index (χ1n) is 10.6. The quantitative estimate of drug-likeness (QED) is 0.285. The SMILES string of the molecule is COC(=O)C1=CN(Cc2cccc(C(=N)N)c2)C(c2cccc(Oc3ccccc3)c2)C(=O)N1. The first-order chi connectivity index (χ1) is 16.4. The van der Waals surface area contributed by atoms with Gasteiger partial charge in [-0.2, -0.15) is 0 Å². The number of nitrogens with two attached hydrogens (primary N) is 1. The maximum Gasteiger partial charge on any atom is 0.356 e. The van der Waals surface area contributed by atoms with Gasteiger partial charge in [0.2, 0.25) is 0 Å². The van der Waals surface area contributed by atoms with Crippen LogP contribution in [0.4, 0.5) is 0 Å². The topological polar surface area (TPSA) is 118 Å². The number of rotatable bonds is 7. The molecule has 0 aliphatic carbocycles. The number of hydrogen-bond acceptors (Lipinski definition) is 6. The standard InChI is InChI=1S/C26H24N4O4/c1-33-26(32)22-16-30(15-17-7-5-9-19(13-17)24(27)28)23(25(31)29-22)18-8-6-12-21(14-18)34-20-10-3-2-4-11-20/h2-14,16,23H,15H2,1H3,(H3,27,28)(H,29,31). The van der Waals surface area contributed by atoms with Gasteiger partial charge in [-0.3, -0.25) is 10.2 Å². The molecule has 8 nitrogen and oxygen atoms in total. The molecule has 8 heteroatoms. The lowest BCUT2D eigenvalue weighted by Crippen LogP contribution is -2.44. The van der Waals surface area contributed by atoms with Crippen LogP contribution in [0.5, 0.6) is 11.5 Å². The second kappa shape index (κ2) is 9.91. The van der Waals surface area contributed by atoms with Crippen LogP contribution in [0.1, 0.15) is 22.7 Å². The first kappa shape index (κ1) is 22.6. The zero-order valence-electron chi connectivity index (χ0n) is 18.5. The molecule has 1 atom stereocenters. The Morgan fingerprint density at radius 3 is 2.50 bits per heavy atom. The highest BCUT2D eigenvalue weighted by atomic mass is 16.5. The number of nitrogens with one attached hydrogen (secondary N) is 2. The predicted molar refractivity (Wildman–Crippen MR) is 127 cm³/mol. The lowest BCUT2D eigenvalue weighted by Gasteiger charge is -2.34. The van der Waals surface area contributed by atoms with E-state index < -0.39 is 12.0 Å². The summed E-state index contributed by atoms with van der Waals surface area (Å²) in [5, 5.41) is 10.3. The molecule has 172 valence electrons. The van der Waals surface area contributed by atoms with Crippen molar-refractivity contribution in [3.8, 4) is 11.5 Å². The Kier molecular flexibility index (Phi) is 6.59. The summed E-state index contributed by atoms with van der Waals surface area (Å²) in [5.74, 6) is 0.195. The summed E-state index contributed by atoms with van der Waals surface area (Å²) >= 11 is 0. The van der Waals surface area contributed by atoms with Gasteiger partial charge in [0, 0.05) is 18.3 Å². The van der Waals surface area contributed by atoms with Crippen molar-refractivity contribution in [1.82, 2.24) is 10.2 Å². The van der Waals surface area contributed by atoms with Gasteiger partial charge in [-0.15, -0.1) is 0 Å². The molecule has 1 amide bonds. The van der Waals surface area contributed by atoms with Gasteiger partial charge >= 0.3 is 5.97 Å². The normalized spacial score (nSPS) is 15.2. The van der Waals surface area contributed by atoms with Crippen molar-refractivity contribution < 1.29 is 19.1 Å². The van der Waals surface area contributed by atoms with Crippen molar-refractivity contribution in [2.24, 2.45) is 5.73 Å². The monoisotopic (exact) mass is 456 g/mol. The molecule has 0 saturated carbocycles. The Hall–Kier alpha value is -4.59. The fraction of sp³-hybridized carbons (Fsp3) is 0.115. The van der Waals surface area contributed by atoms with E-state index in [1.807, 2.05) is 54.6 Å². The molecule has 1 aliphatic heterocycles. The number of nitrogen functional groups attached to an aromatic ring is 1. The molecule has 0 bridgehead atoms. The molecule has 0 radical (unpaired) electrons. The summed E-state index contributed by atoms with van der Waals surface area (Å²) in [5.41, 5.74) is 7.77. The summed E-state index contributed by atoms with van der Waals surface area (Å²) in [4.78, 5) is 27.1. The maximum absolute atomic E-state index is 13.2. The van der Waals surface area contributed by atoms with Crippen LogP contribution in [0.3, 0.4) is 0 Å². The van der Waals surface area contributed by atoms with E-state index in [-0.39, 0.29) is 17.4 Å². The molecule has 0 aromatic heterocycles. The number of amidine groups is 1. The molecule has 1 heterocycles. The second-order valence-electron chi connectivity index (χ2n) is 7.70. The molecular weight excluding hydrogens is 432 g/mol. The molecule has 4 rings (SSSR count). The van der Waals surface area contributed by atoms with E-state index in [1.165, 1.54) is 7.11 Å². The van der Waals surface area contributed by atoms with Crippen LogP contribution in [0.15, 0.2) is 90.8 Å². The zero-order valence-corrected chi connectivity index (χ0v) is 18.5. The fourth-order valence-electron chi connectivity index (χ4n) is 3.74. The Balaban J connectivity index is 1.69. The summed E-state index contributed by atoms with van der Waals surface area (Å²) in [6.45, 7) is 0.295. The summed E-state index contributed by atoms with van der Waals surface area (Å²) < 4.78 is 10.7. The minimum absolute atomic E-state index is 0.0446. The molecule has 0 fully saturated rings. The largest absolute Gasteiger partial charge is 0.464 e. The molecule has 0 spiro atoms. The Morgan fingerprint density at radius 2 is 1.76 bits per heavy atom. The third kappa shape index (κ3) is 5.07. The van der Waals surface area contributed by atoms with Crippen molar-refractivity contribution in [2.45, 2.75) is 12.6 Å². The minimum atomic E-state index is -0.728. The smallest absolute Gasteiger partial charge is 0.356 e. The third-order valence-corrected chi connectivity index (χ3v) is 5.29. The van der Waals surface area contributed by atoms with E-state index in [4.69, 9.17) is 20.6 Å². The Morgan fingerprint density at radius 1 is 1.03 bits per heavy atom. The number of ether oxygens (including phenoxy) is 2. The van der Waals surface area contributed by atoms with E-state index in [9.17, 15) is 9.59 Å². The second-order valence-corrected chi connectivity index (χ2v) is 7.70. The minimum Gasteiger partial charge on any atom is -0.464 e.